The Kier molecular flexibility index (Phi) is 5.14. The molecule has 0 aliphatic heterocycles. The fourth-order valence-corrected chi connectivity index (χ4v) is 3.46. The molecule has 7 nitrogen and oxygen atoms in total. The van der Waals surface area contributed by atoms with Crippen LogP contribution in [0.1, 0.15) is 5.56 Å². The van der Waals surface area contributed by atoms with Crippen molar-refractivity contribution in [1.29, 1.82) is 5.26 Å². The molecule has 2 N–H and O–H groups in total. The molecule has 4 rings (SSSR count). The van der Waals surface area contributed by atoms with Crippen LogP contribution in [-0.4, -0.2) is 31.3 Å². The van der Waals surface area contributed by atoms with Crippen LogP contribution in [0.5, 0.6) is 17.2 Å². The van der Waals surface area contributed by atoms with E-state index in [0.717, 1.165) is 27.7 Å². The minimum Gasteiger partial charge on any atom is -0.494 e. The Morgan fingerprint density at radius 1 is 0.967 bits per heavy atom. The van der Waals surface area contributed by atoms with E-state index in [-0.39, 0.29) is 0 Å². The Bertz CT molecular complexity index is 1260. The SMILES string of the molecule is COc1ccc(-c2cncc(C#N)c2Nc2ccc3[nH]ccc3c2OC)cc1OC. The number of nitrogens with zero attached hydrogens (tertiary/aromatic N) is 2. The van der Waals surface area contributed by atoms with Crippen LogP contribution in [0.2, 0.25) is 0 Å². The highest BCUT2D eigenvalue weighted by Crippen LogP contribution is 2.40. The number of H-pyrrole nitrogens is 1. The van der Waals surface area contributed by atoms with E-state index in [2.05, 4.69) is 21.4 Å². The number of methoxy groups -OCH3 is 3. The van der Waals surface area contributed by atoms with Crippen LogP contribution in [0, 0.1) is 11.3 Å². The summed E-state index contributed by atoms with van der Waals surface area (Å²) < 4.78 is 16.4. The lowest BCUT2D eigenvalue weighted by atomic mass is 10.0. The van der Waals surface area contributed by atoms with Gasteiger partial charge in [-0.05, 0) is 35.9 Å². The predicted molar refractivity (Wildman–Crippen MR) is 116 cm³/mol. The topological polar surface area (TPSA) is 92.2 Å². The number of aromatic amines is 1. The molecule has 4 aromatic rings. The Labute approximate surface area is 173 Å². The Morgan fingerprint density at radius 3 is 2.53 bits per heavy atom. The van der Waals surface area contributed by atoms with Crippen LogP contribution in [0.4, 0.5) is 11.4 Å². The summed E-state index contributed by atoms with van der Waals surface area (Å²) in [6.45, 7) is 0. The molecule has 2 heterocycles. The van der Waals surface area contributed by atoms with Gasteiger partial charge in [0.05, 0.1) is 38.3 Å². The van der Waals surface area contributed by atoms with Crippen LogP contribution in [0.25, 0.3) is 22.0 Å². The van der Waals surface area contributed by atoms with E-state index in [1.807, 2.05) is 42.6 Å². The number of rotatable bonds is 6. The Balaban J connectivity index is 1.86. The summed E-state index contributed by atoms with van der Waals surface area (Å²) >= 11 is 0. The lowest BCUT2D eigenvalue weighted by Crippen LogP contribution is -2.01. The van der Waals surface area contributed by atoms with E-state index < -0.39 is 0 Å². The molecule has 0 saturated heterocycles. The van der Waals surface area contributed by atoms with E-state index in [0.29, 0.717) is 28.5 Å². The number of hydrogen-bond acceptors (Lipinski definition) is 6. The highest BCUT2D eigenvalue weighted by molar-refractivity contribution is 5.94. The number of pyridine rings is 1. The zero-order valence-corrected chi connectivity index (χ0v) is 16.8. The fourth-order valence-electron chi connectivity index (χ4n) is 3.46. The molecule has 0 spiro atoms. The molecule has 0 aliphatic rings. The molecular weight excluding hydrogens is 380 g/mol. The fraction of sp³-hybridized carbons (Fsp3) is 0.130. The van der Waals surface area contributed by atoms with Gasteiger partial charge in [-0.15, -0.1) is 0 Å². The van der Waals surface area contributed by atoms with Gasteiger partial charge in [0, 0.05) is 35.1 Å². The number of nitriles is 1. The van der Waals surface area contributed by atoms with Crippen molar-refractivity contribution in [1.82, 2.24) is 9.97 Å². The first kappa shape index (κ1) is 19.2. The van der Waals surface area contributed by atoms with Gasteiger partial charge in [0.15, 0.2) is 17.2 Å². The summed E-state index contributed by atoms with van der Waals surface area (Å²) in [4.78, 5) is 7.42. The summed E-state index contributed by atoms with van der Waals surface area (Å²) in [5.41, 5.74) is 4.35. The highest BCUT2D eigenvalue weighted by atomic mass is 16.5. The van der Waals surface area contributed by atoms with Crippen molar-refractivity contribution in [3.05, 3.63) is 60.6 Å². The van der Waals surface area contributed by atoms with Crippen molar-refractivity contribution in [2.75, 3.05) is 26.6 Å². The molecule has 0 saturated carbocycles. The second-order valence-electron chi connectivity index (χ2n) is 6.50. The molecule has 0 fully saturated rings. The minimum atomic E-state index is 0.415. The summed E-state index contributed by atoms with van der Waals surface area (Å²) in [5, 5.41) is 14.0. The van der Waals surface area contributed by atoms with Gasteiger partial charge < -0.3 is 24.5 Å². The molecule has 2 aromatic carbocycles. The number of ether oxygens (including phenoxy) is 3. The number of fused-ring (bicyclic) bond motifs is 1. The summed E-state index contributed by atoms with van der Waals surface area (Å²) in [7, 11) is 4.80. The van der Waals surface area contributed by atoms with E-state index in [9.17, 15) is 5.26 Å². The third kappa shape index (κ3) is 3.25. The zero-order chi connectivity index (χ0) is 21.1. The standard InChI is InChI=1S/C23H20N4O3/c1-28-20-7-4-14(10-21(20)29-2)17-13-25-12-15(11-24)22(17)27-19-6-5-18-16(8-9-26-18)23(19)30-3/h4-10,12-13,26H,1-3H3,(H,25,27). The number of anilines is 2. The van der Waals surface area contributed by atoms with Crippen LogP contribution in [-0.2, 0) is 0 Å². The van der Waals surface area contributed by atoms with Gasteiger partial charge in [-0.3, -0.25) is 4.98 Å². The number of hydrogen-bond donors (Lipinski definition) is 2. The third-order valence-electron chi connectivity index (χ3n) is 4.91. The molecule has 0 radical (unpaired) electrons. The first-order valence-electron chi connectivity index (χ1n) is 9.21. The summed E-state index contributed by atoms with van der Waals surface area (Å²) in [6.07, 6.45) is 5.11. The van der Waals surface area contributed by atoms with Crippen LogP contribution in [0.3, 0.4) is 0 Å². The molecule has 7 heteroatoms. The van der Waals surface area contributed by atoms with Gasteiger partial charge in [-0.1, -0.05) is 6.07 Å². The van der Waals surface area contributed by atoms with E-state index in [1.165, 1.54) is 6.20 Å². The van der Waals surface area contributed by atoms with Gasteiger partial charge in [-0.2, -0.15) is 5.26 Å². The maximum atomic E-state index is 9.70. The second kappa shape index (κ2) is 8.05. The Hall–Kier alpha value is -4.18. The lowest BCUT2D eigenvalue weighted by molar-refractivity contribution is 0.355. The van der Waals surface area contributed by atoms with Crippen molar-refractivity contribution in [2.24, 2.45) is 0 Å². The van der Waals surface area contributed by atoms with Gasteiger partial charge in [0.1, 0.15) is 6.07 Å². The lowest BCUT2D eigenvalue weighted by Gasteiger charge is -2.17. The monoisotopic (exact) mass is 400 g/mol. The van der Waals surface area contributed by atoms with E-state index in [1.54, 1.807) is 27.5 Å². The molecule has 150 valence electrons. The number of nitrogens with one attached hydrogen (secondary N) is 2. The number of aromatic nitrogens is 2. The third-order valence-corrected chi connectivity index (χ3v) is 4.91. The molecule has 0 amide bonds. The molecule has 0 aliphatic carbocycles. The van der Waals surface area contributed by atoms with E-state index in [4.69, 9.17) is 14.2 Å². The number of benzene rings is 2. The van der Waals surface area contributed by atoms with Gasteiger partial charge >= 0.3 is 0 Å². The normalized spacial score (nSPS) is 10.5. The quantitative estimate of drug-likeness (QED) is 0.480. The zero-order valence-electron chi connectivity index (χ0n) is 16.8. The maximum Gasteiger partial charge on any atom is 0.161 e. The van der Waals surface area contributed by atoms with Crippen molar-refractivity contribution >= 4 is 22.3 Å². The molecule has 0 bridgehead atoms. The van der Waals surface area contributed by atoms with Crippen LogP contribution >= 0.6 is 0 Å². The minimum absolute atomic E-state index is 0.415. The first-order chi connectivity index (χ1) is 14.7. The van der Waals surface area contributed by atoms with Crippen molar-refractivity contribution in [3.8, 4) is 34.4 Å². The van der Waals surface area contributed by atoms with Crippen molar-refractivity contribution < 1.29 is 14.2 Å². The van der Waals surface area contributed by atoms with Gasteiger partial charge in [0.2, 0.25) is 0 Å². The van der Waals surface area contributed by atoms with Crippen molar-refractivity contribution in [3.63, 3.8) is 0 Å². The second-order valence-corrected chi connectivity index (χ2v) is 6.50. The average molecular weight is 400 g/mol. The maximum absolute atomic E-state index is 9.70. The average Bonchev–Trinajstić information content (AvgIpc) is 3.27. The molecule has 0 unspecified atom stereocenters. The predicted octanol–water partition coefficient (Wildman–Crippen LogP) is 4.87. The molecule has 0 atom stereocenters. The largest absolute Gasteiger partial charge is 0.494 e. The summed E-state index contributed by atoms with van der Waals surface area (Å²) in [6, 6.07) is 13.6. The van der Waals surface area contributed by atoms with E-state index >= 15 is 0 Å². The highest BCUT2D eigenvalue weighted by Gasteiger charge is 2.17. The van der Waals surface area contributed by atoms with Gasteiger partial charge in [-0.25, -0.2) is 0 Å². The summed E-state index contributed by atoms with van der Waals surface area (Å²) in [5.74, 6) is 1.90. The van der Waals surface area contributed by atoms with Crippen molar-refractivity contribution in [2.45, 2.75) is 0 Å². The Morgan fingerprint density at radius 2 is 1.80 bits per heavy atom. The first-order valence-corrected chi connectivity index (χ1v) is 9.21. The van der Waals surface area contributed by atoms with Crippen LogP contribution < -0.4 is 19.5 Å². The van der Waals surface area contributed by atoms with Crippen LogP contribution in [0.15, 0.2) is 55.0 Å². The molecular formula is C23H20N4O3. The smallest absolute Gasteiger partial charge is 0.161 e. The van der Waals surface area contributed by atoms with Gasteiger partial charge in [0.25, 0.3) is 0 Å². The molecule has 30 heavy (non-hydrogen) atoms. The molecule has 2 aromatic heterocycles.